The predicted molar refractivity (Wildman–Crippen MR) is 66.9 cm³/mol. The van der Waals surface area contributed by atoms with E-state index in [4.69, 9.17) is 4.42 Å². The Kier molecular flexibility index (Phi) is 4.73. The van der Waals surface area contributed by atoms with Crippen LogP contribution in [0.5, 0.6) is 0 Å². The zero-order valence-corrected chi connectivity index (χ0v) is 11.4. The molecular formula is C13H22N2O2. The molecule has 1 aromatic rings. The van der Waals surface area contributed by atoms with E-state index in [2.05, 4.69) is 32.7 Å². The lowest BCUT2D eigenvalue weighted by molar-refractivity contribution is 0.0591. The van der Waals surface area contributed by atoms with Gasteiger partial charge < -0.3 is 9.32 Å². The summed E-state index contributed by atoms with van der Waals surface area (Å²) in [6.07, 6.45) is 3.20. The number of aromatic nitrogens is 1. The van der Waals surface area contributed by atoms with E-state index in [1.54, 1.807) is 6.92 Å². The van der Waals surface area contributed by atoms with Gasteiger partial charge in [-0.2, -0.15) is 0 Å². The van der Waals surface area contributed by atoms with Crippen LogP contribution in [0, 0.1) is 6.92 Å². The van der Waals surface area contributed by atoms with Crippen LogP contribution in [0.15, 0.2) is 10.8 Å². The first-order valence-corrected chi connectivity index (χ1v) is 6.25. The molecule has 1 rings (SSSR count). The minimum absolute atomic E-state index is 0.0278. The first kappa shape index (κ1) is 13.7. The lowest BCUT2D eigenvalue weighted by Gasteiger charge is -2.33. The van der Waals surface area contributed by atoms with Crippen molar-refractivity contribution >= 4 is 5.91 Å². The van der Waals surface area contributed by atoms with Crippen molar-refractivity contribution in [2.75, 3.05) is 0 Å². The van der Waals surface area contributed by atoms with Crippen LogP contribution in [0.1, 0.15) is 56.8 Å². The highest BCUT2D eigenvalue weighted by molar-refractivity contribution is 5.93. The van der Waals surface area contributed by atoms with Gasteiger partial charge in [-0.15, -0.1) is 0 Å². The van der Waals surface area contributed by atoms with Gasteiger partial charge in [-0.25, -0.2) is 4.98 Å². The average molecular weight is 238 g/mol. The minimum Gasteiger partial charge on any atom is -0.448 e. The average Bonchev–Trinajstić information content (AvgIpc) is 2.74. The zero-order chi connectivity index (χ0) is 13.0. The van der Waals surface area contributed by atoms with Gasteiger partial charge >= 0.3 is 0 Å². The summed E-state index contributed by atoms with van der Waals surface area (Å²) in [5, 5.41) is 0. The van der Waals surface area contributed by atoms with Gasteiger partial charge in [-0.1, -0.05) is 13.8 Å². The maximum absolute atomic E-state index is 12.4. The smallest absolute Gasteiger partial charge is 0.276 e. The molecule has 1 heterocycles. The van der Waals surface area contributed by atoms with Crippen molar-refractivity contribution in [3.8, 4) is 0 Å². The summed E-state index contributed by atoms with van der Waals surface area (Å²) < 4.78 is 5.10. The van der Waals surface area contributed by atoms with Crippen LogP contribution in [-0.2, 0) is 0 Å². The van der Waals surface area contributed by atoms with Crippen molar-refractivity contribution in [2.24, 2.45) is 0 Å². The molecule has 0 aliphatic carbocycles. The standard InChI is InChI=1S/C13H22N2O2/c1-6-9(3)15(10(4)7-2)13(16)12-11(5)17-8-14-12/h8-10H,6-7H2,1-5H3. The summed E-state index contributed by atoms with van der Waals surface area (Å²) in [5.41, 5.74) is 0.436. The molecule has 0 fully saturated rings. The summed E-state index contributed by atoms with van der Waals surface area (Å²) in [7, 11) is 0. The molecule has 4 nitrogen and oxygen atoms in total. The molecular weight excluding hydrogens is 216 g/mol. The first-order chi connectivity index (χ1) is 8.02. The third kappa shape index (κ3) is 2.87. The number of hydrogen-bond acceptors (Lipinski definition) is 3. The summed E-state index contributed by atoms with van der Waals surface area (Å²) in [6, 6.07) is 0.432. The van der Waals surface area contributed by atoms with Crippen molar-refractivity contribution in [3.05, 3.63) is 17.8 Å². The molecule has 0 saturated carbocycles. The van der Waals surface area contributed by atoms with Gasteiger partial charge in [0.2, 0.25) is 0 Å². The van der Waals surface area contributed by atoms with Crippen molar-refractivity contribution < 1.29 is 9.21 Å². The first-order valence-electron chi connectivity index (χ1n) is 6.25. The Bertz CT molecular complexity index is 363. The molecule has 17 heavy (non-hydrogen) atoms. The van der Waals surface area contributed by atoms with Crippen molar-refractivity contribution in [3.63, 3.8) is 0 Å². The summed E-state index contributed by atoms with van der Waals surface area (Å²) in [6.45, 7) is 10.1. The van der Waals surface area contributed by atoms with Crippen molar-refractivity contribution in [1.29, 1.82) is 0 Å². The van der Waals surface area contributed by atoms with Gasteiger partial charge in [-0.3, -0.25) is 4.79 Å². The molecule has 0 saturated heterocycles. The maximum atomic E-state index is 12.4. The molecule has 0 aliphatic heterocycles. The minimum atomic E-state index is -0.0278. The Balaban J connectivity index is 2.99. The van der Waals surface area contributed by atoms with Gasteiger partial charge in [0.05, 0.1) is 0 Å². The highest BCUT2D eigenvalue weighted by Crippen LogP contribution is 2.17. The highest BCUT2D eigenvalue weighted by atomic mass is 16.3. The molecule has 0 N–H and O–H groups in total. The van der Waals surface area contributed by atoms with Crippen LogP contribution < -0.4 is 0 Å². The molecule has 1 aromatic heterocycles. The van der Waals surface area contributed by atoms with Gasteiger partial charge in [0, 0.05) is 12.1 Å². The molecule has 0 aliphatic rings. The number of hydrogen-bond donors (Lipinski definition) is 0. The zero-order valence-electron chi connectivity index (χ0n) is 11.4. The van der Waals surface area contributed by atoms with Crippen LogP contribution in [0.4, 0.5) is 0 Å². The van der Waals surface area contributed by atoms with E-state index < -0.39 is 0 Å². The largest absolute Gasteiger partial charge is 0.448 e. The number of nitrogens with zero attached hydrogens (tertiary/aromatic N) is 2. The van der Waals surface area contributed by atoms with Gasteiger partial charge in [0.15, 0.2) is 12.1 Å². The summed E-state index contributed by atoms with van der Waals surface area (Å²) in [4.78, 5) is 18.4. The molecule has 2 atom stereocenters. The third-order valence-electron chi connectivity index (χ3n) is 3.31. The second-order valence-corrected chi connectivity index (χ2v) is 4.48. The van der Waals surface area contributed by atoms with Crippen LogP contribution in [0.2, 0.25) is 0 Å². The van der Waals surface area contributed by atoms with E-state index in [0.29, 0.717) is 11.5 Å². The van der Waals surface area contributed by atoms with Crippen LogP contribution in [0.25, 0.3) is 0 Å². The Morgan fingerprint density at radius 2 is 1.88 bits per heavy atom. The number of carbonyl (C=O) groups is 1. The van der Waals surface area contributed by atoms with Gasteiger partial charge in [-0.05, 0) is 33.6 Å². The van der Waals surface area contributed by atoms with E-state index in [1.165, 1.54) is 6.39 Å². The van der Waals surface area contributed by atoms with Gasteiger partial charge in [0.1, 0.15) is 5.76 Å². The molecule has 4 heteroatoms. The SMILES string of the molecule is CCC(C)N(C(=O)c1ncoc1C)C(C)CC. The van der Waals surface area contributed by atoms with Crippen LogP contribution in [0.3, 0.4) is 0 Å². The number of amides is 1. The molecule has 0 spiro atoms. The lowest BCUT2D eigenvalue weighted by Crippen LogP contribution is -2.44. The van der Waals surface area contributed by atoms with E-state index >= 15 is 0 Å². The monoisotopic (exact) mass is 238 g/mol. The lowest BCUT2D eigenvalue weighted by atomic mass is 10.1. The number of aryl methyl sites for hydroxylation is 1. The maximum Gasteiger partial charge on any atom is 0.276 e. The summed E-state index contributed by atoms with van der Waals surface area (Å²) >= 11 is 0. The number of carbonyl (C=O) groups excluding carboxylic acids is 1. The Labute approximate surface area is 103 Å². The number of oxazole rings is 1. The van der Waals surface area contributed by atoms with Crippen LogP contribution in [-0.4, -0.2) is 27.9 Å². The fourth-order valence-electron chi connectivity index (χ4n) is 1.86. The Hall–Kier alpha value is -1.32. The summed E-state index contributed by atoms with van der Waals surface area (Å²) in [5.74, 6) is 0.562. The van der Waals surface area contributed by atoms with Crippen molar-refractivity contribution in [2.45, 2.75) is 59.5 Å². The third-order valence-corrected chi connectivity index (χ3v) is 3.31. The fraction of sp³-hybridized carbons (Fsp3) is 0.692. The van der Waals surface area contributed by atoms with E-state index in [9.17, 15) is 4.79 Å². The van der Waals surface area contributed by atoms with Gasteiger partial charge in [0.25, 0.3) is 5.91 Å². The van der Waals surface area contributed by atoms with E-state index in [-0.39, 0.29) is 18.0 Å². The second kappa shape index (κ2) is 5.84. The fourth-order valence-corrected chi connectivity index (χ4v) is 1.86. The predicted octanol–water partition coefficient (Wildman–Crippen LogP) is 3.02. The van der Waals surface area contributed by atoms with E-state index in [1.807, 2.05) is 4.90 Å². The van der Waals surface area contributed by atoms with E-state index in [0.717, 1.165) is 12.8 Å². The topological polar surface area (TPSA) is 46.3 Å². The Morgan fingerprint density at radius 1 is 1.35 bits per heavy atom. The molecule has 2 unspecified atom stereocenters. The second-order valence-electron chi connectivity index (χ2n) is 4.48. The molecule has 96 valence electrons. The normalized spacial score (nSPS) is 14.4. The molecule has 0 bridgehead atoms. The molecule has 0 aromatic carbocycles. The van der Waals surface area contributed by atoms with Crippen LogP contribution >= 0.6 is 0 Å². The highest BCUT2D eigenvalue weighted by Gasteiger charge is 2.27. The van der Waals surface area contributed by atoms with Crippen molar-refractivity contribution in [1.82, 2.24) is 9.88 Å². The molecule has 1 amide bonds. The quantitative estimate of drug-likeness (QED) is 0.792. The number of rotatable bonds is 5. The molecule has 0 radical (unpaired) electrons. The Morgan fingerprint density at radius 3 is 2.24 bits per heavy atom.